The average molecular weight is 243 g/mol. The van der Waals surface area contributed by atoms with Crippen molar-refractivity contribution >= 4 is 9.84 Å². The van der Waals surface area contributed by atoms with Gasteiger partial charge < -0.3 is 10.5 Å². The van der Waals surface area contributed by atoms with Crippen LogP contribution in [0.2, 0.25) is 0 Å². The summed E-state index contributed by atoms with van der Waals surface area (Å²) in [5, 5.41) is 0. The lowest BCUT2D eigenvalue weighted by Crippen LogP contribution is -2.38. The van der Waals surface area contributed by atoms with Crippen LogP contribution in [0.5, 0.6) is 5.75 Å². The van der Waals surface area contributed by atoms with E-state index in [9.17, 15) is 8.42 Å². The van der Waals surface area contributed by atoms with Crippen molar-refractivity contribution in [1.29, 1.82) is 0 Å². The molecule has 0 radical (unpaired) electrons. The van der Waals surface area contributed by atoms with Gasteiger partial charge in [-0.3, -0.25) is 0 Å². The zero-order chi connectivity index (χ0) is 12.4. The summed E-state index contributed by atoms with van der Waals surface area (Å²) in [6, 6.07) is 6.54. The average Bonchev–Trinajstić information content (AvgIpc) is 2.12. The van der Waals surface area contributed by atoms with Crippen molar-refractivity contribution in [3.63, 3.8) is 0 Å². The van der Waals surface area contributed by atoms with Crippen LogP contribution in [-0.2, 0) is 9.84 Å². The molecule has 1 aromatic carbocycles. The molecule has 16 heavy (non-hydrogen) atoms. The largest absolute Gasteiger partial charge is 0.490 e. The standard InChI is InChI=1S/C11H17NO3S/c1-11(2,12)8-15-9-6-4-5-7-10(9)16(3,13)14/h4-7H,8,12H2,1-3H3. The van der Waals surface area contributed by atoms with E-state index in [1.165, 1.54) is 6.07 Å². The van der Waals surface area contributed by atoms with Crippen LogP contribution in [0.25, 0.3) is 0 Å². The molecule has 0 spiro atoms. The Kier molecular flexibility index (Phi) is 3.60. The number of hydrogen-bond acceptors (Lipinski definition) is 4. The molecule has 0 fully saturated rings. The monoisotopic (exact) mass is 243 g/mol. The molecule has 2 N–H and O–H groups in total. The Bertz CT molecular complexity index is 460. The predicted molar refractivity (Wildman–Crippen MR) is 63.3 cm³/mol. The lowest BCUT2D eigenvalue weighted by Gasteiger charge is -2.20. The van der Waals surface area contributed by atoms with Gasteiger partial charge in [-0.15, -0.1) is 0 Å². The molecule has 0 aliphatic carbocycles. The van der Waals surface area contributed by atoms with E-state index in [2.05, 4.69) is 0 Å². The lowest BCUT2D eigenvalue weighted by atomic mass is 10.1. The molecule has 0 saturated heterocycles. The van der Waals surface area contributed by atoms with Gasteiger partial charge in [0.05, 0.1) is 0 Å². The zero-order valence-corrected chi connectivity index (χ0v) is 10.5. The summed E-state index contributed by atoms with van der Waals surface area (Å²) in [5.41, 5.74) is 5.27. The van der Waals surface area contributed by atoms with Crippen molar-refractivity contribution in [3.8, 4) is 5.75 Å². The summed E-state index contributed by atoms with van der Waals surface area (Å²) in [6.45, 7) is 3.89. The maximum atomic E-state index is 11.5. The molecule has 0 aliphatic rings. The molecular formula is C11H17NO3S. The second kappa shape index (κ2) is 4.43. The van der Waals surface area contributed by atoms with Crippen molar-refractivity contribution in [2.24, 2.45) is 5.73 Å². The van der Waals surface area contributed by atoms with Gasteiger partial charge in [-0.05, 0) is 26.0 Å². The van der Waals surface area contributed by atoms with Crippen molar-refractivity contribution in [2.75, 3.05) is 12.9 Å². The molecule has 90 valence electrons. The van der Waals surface area contributed by atoms with E-state index in [-0.39, 0.29) is 11.5 Å². The Morgan fingerprint density at radius 3 is 2.38 bits per heavy atom. The van der Waals surface area contributed by atoms with Gasteiger partial charge in [-0.1, -0.05) is 12.1 Å². The Morgan fingerprint density at radius 1 is 1.31 bits per heavy atom. The number of hydrogen-bond donors (Lipinski definition) is 1. The van der Waals surface area contributed by atoms with Gasteiger partial charge in [0.25, 0.3) is 0 Å². The molecule has 0 atom stereocenters. The van der Waals surface area contributed by atoms with Crippen LogP contribution in [0.4, 0.5) is 0 Å². The SMILES string of the molecule is CC(C)(N)COc1ccccc1S(C)(=O)=O. The molecule has 0 heterocycles. The van der Waals surface area contributed by atoms with Gasteiger partial charge in [0.1, 0.15) is 17.3 Å². The first-order valence-electron chi connectivity index (χ1n) is 4.91. The second-order valence-electron chi connectivity index (χ2n) is 4.50. The van der Waals surface area contributed by atoms with Crippen molar-refractivity contribution in [1.82, 2.24) is 0 Å². The smallest absolute Gasteiger partial charge is 0.179 e. The van der Waals surface area contributed by atoms with Crippen LogP contribution < -0.4 is 10.5 Å². The Morgan fingerprint density at radius 2 is 1.88 bits per heavy atom. The molecular weight excluding hydrogens is 226 g/mol. The Hall–Kier alpha value is -1.07. The molecule has 5 heteroatoms. The van der Waals surface area contributed by atoms with Gasteiger partial charge in [-0.2, -0.15) is 0 Å². The van der Waals surface area contributed by atoms with Crippen LogP contribution in [-0.4, -0.2) is 26.8 Å². The van der Waals surface area contributed by atoms with Crippen LogP contribution >= 0.6 is 0 Å². The minimum atomic E-state index is -3.27. The summed E-state index contributed by atoms with van der Waals surface area (Å²) >= 11 is 0. The highest BCUT2D eigenvalue weighted by Crippen LogP contribution is 2.23. The molecule has 1 rings (SSSR count). The van der Waals surface area contributed by atoms with Crippen molar-refractivity contribution < 1.29 is 13.2 Å². The number of nitrogens with two attached hydrogens (primary N) is 1. The molecule has 0 unspecified atom stereocenters. The molecule has 1 aromatic rings. The Labute approximate surface area is 96.3 Å². The summed E-state index contributed by atoms with van der Waals surface area (Å²) in [5.74, 6) is 0.350. The van der Waals surface area contributed by atoms with Gasteiger partial charge in [0, 0.05) is 11.8 Å². The fraction of sp³-hybridized carbons (Fsp3) is 0.455. The molecule has 0 aromatic heterocycles. The van der Waals surface area contributed by atoms with E-state index in [1.807, 2.05) is 13.8 Å². The van der Waals surface area contributed by atoms with Gasteiger partial charge in [0.2, 0.25) is 0 Å². The summed E-state index contributed by atoms with van der Waals surface area (Å²) < 4.78 is 28.4. The van der Waals surface area contributed by atoms with Crippen LogP contribution in [0.3, 0.4) is 0 Å². The maximum absolute atomic E-state index is 11.5. The molecule has 0 aliphatic heterocycles. The number of para-hydroxylation sites is 1. The second-order valence-corrected chi connectivity index (χ2v) is 6.48. The normalized spacial score (nSPS) is 12.5. The van der Waals surface area contributed by atoms with Gasteiger partial charge >= 0.3 is 0 Å². The van der Waals surface area contributed by atoms with Crippen LogP contribution in [0.1, 0.15) is 13.8 Å². The number of rotatable bonds is 4. The first kappa shape index (κ1) is 13.0. The lowest BCUT2D eigenvalue weighted by molar-refractivity contribution is 0.238. The third-order valence-electron chi connectivity index (χ3n) is 1.85. The highest BCUT2D eigenvalue weighted by Gasteiger charge is 2.17. The number of benzene rings is 1. The van der Waals surface area contributed by atoms with E-state index in [0.29, 0.717) is 5.75 Å². The highest BCUT2D eigenvalue weighted by molar-refractivity contribution is 7.90. The number of ether oxygens (including phenoxy) is 1. The number of sulfone groups is 1. The first-order valence-corrected chi connectivity index (χ1v) is 6.80. The van der Waals surface area contributed by atoms with Gasteiger partial charge in [-0.25, -0.2) is 8.42 Å². The van der Waals surface area contributed by atoms with E-state index in [1.54, 1.807) is 18.2 Å². The van der Waals surface area contributed by atoms with Crippen LogP contribution in [0, 0.1) is 0 Å². The molecule has 4 nitrogen and oxygen atoms in total. The molecule has 0 amide bonds. The van der Waals surface area contributed by atoms with Crippen LogP contribution in [0.15, 0.2) is 29.2 Å². The zero-order valence-electron chi connectivity index (χ0n) is 9.73. The van der Waals surface area contributed by atoms with E-state index >= 15 is 0 Å². The minimum Gasteiger partial charge on any atom is -0.490 e. The maximum Gasteiger partial charge on any atom is 0.179 e. The third-order valence-corrected chi connectivity index (χ3v) is 2.98. The highest BCUT2D eigenvalue weighted by atomic mass is 32.2. The first-order chi connectivity index (χ1) is 7.20. The summed E-state index contributed by atoms with van der Waals surface area (Å²) in [6.07, 6.45) is 1.16. The van der Waals surface area contributed by atoms with Crippen molar-refractivity contribution in [3.05, 3.63) is 24.3 Å². The topological polar surface area (TPSA) is 69.4 Å². The van der Waals surface area contributed by atoms with E-state index in [4.69, 9.17) is 10.5 Å². The third kappa shape index (κ3) is 3.83. The molecule has 0 bridgehead atoms. The predicted octanol–water partition coefficient (Wildman–Crippen LogP) is 1.21. The Balaban J connectivity index is 2.97. The summed E-state index contributed by atoms with van der Waals surface area (Å²) in [4.78, 5) is 0.194. The molecule has 0 saturated carbocycles. The van der Waals surface area contributed by atoms with Crippen molar-refractivity contribution in [2.45, 2.75) is 24.3 Å². The fourth-order valence-corrected chi connectivity index (χ4v) is 1.96. The fourth-order valence-electron chi connectivity index (χ4n) is 1.14. The van der Waals surface area contributed by atoms with E-state index < -0.39 is 15.4 Å². The summed E-state index contributed by atoms with van der Waals surface area (Å²) in [7, 11) is -3.27. The minimum absolute atomic E-state index is 0.194. The van der Waals surface area contributed by atoms with E-state index in [0.717, 1.165) is 6.26 Å². The quantitative estimate of drug-likeness (QED) is 0.863. The van der Waals surface area contributed by atoms with Gasteiger partial charge in [0.15, 0.2) is 9.84 Å².